The van der Waals surface area contributed by atoms with Gasteiger partial charge in [-0.25, -0.2) is 4.98 Å². The third kappa shape index (κ3) is 4.35. The van der Waals surface area contributed by atoms with Crippen molar-refractivity contribution in [2.24, 2.45) is 11.7 Å². The third-order valence-corrected chi connectivity index (χ3v) is 3.94. The van der Waals surface area contributed by atoms with Gasteiger partial charge in [-0.15, -0.1) is 24.8 Å². The molecule has 3 N–H and O–H groups in total. The van der Waals surface area contributed by atoms with Gasteiger partial charge >= 0.3 is 0 Å². The van der Waals surface area contributed by atoms with Crippen LogP contribution in [0.2, 0.25) is 0 Å². The summed E-state index contributed by atoms with van der Waals surface area (Å²) in [5.74, 6) is 0.243. The lowest BCUT2D eigenvalue weighted by atomic mass is 10.1. The number of aromatic nitrogens is 2. The minimum absolute atomic E-state index is 0. The number of amides is 1. The lowest BCUT2D eigenvalue weighted by Crippen LogP contribution is -2.31. The number of pyridine rings is 1. The molecule has 0 saturated heterocycles. The Morgan fingerprint density at radius 2 is 2.18 bits per heavy atom. The van der Waals surface area contributed by atoms with E-state index in [-0.39, 0.29) is 42.7 Å². The predicted octanol–water partition coefficient (Wildman–Crippen LogP) is 1.96. The van der Waals surface area contributed by atoms with Gasteiger partial charge in [-0.05, 0) is 31.4 Å². The molecule has 0 spiro atoms. The van der Waals surface area contributed by atoms with Crippen molar-refractivity contribution in [3.8, 4) is 0 Å². The summed E-state index contributed by atoms with van der Waals surface area (Å²) in [6.45, 7) is 0.633. The van der Waals surface area contributed by atoms with Crippen molar-refractivity contribution in [1.29, 1.82) is 0 Å². The molecule has 1 aliphatic rings. The molecule has 22 heavy (non-hydrogen) atoms. The van der Waals surface area contributed by atoms with Crippen LogP contribution in [0.5, 0.6) is 0 Å². The first-order valence-electron chi connectivity index (χ1n) is 7.18. The fourth-order valence-electron chi connectivity index (χ4n) is 2.82. The van der Waals surface area contributed by atoms with Crippen LogP contribution < -0.4 is 11.1 Å². The Labute approximate surface area is 142 Å². The van der Waals surface area contributed by atoms with Crippen LogP contribution in [0.15, 0.2) is 30.6 Å². The van der Waals surface area contributed by atoms with Crippen LogP contribution in [0.25, 0.3) is 5.65 Å². The highest BCUT2D eigenvalue weighted by Gasteiger charge is 2.27. The zero-order valence-corrected chi connectivity index (χ0v) is 13.9. The average molecular weight is 345 g/mol. The molecule has 122 valence electrons. The van der Waals surface area contributed by atoms with E-state index in [0.717, 1.165) is 37.0 Å². The van der Waals surface area contributed by atoms with Crippen LogP contribution in [0.4, 0.5) is 0 Å². The Morgan fingerprint density at radius 3 is 2.86 bits per heavy atom. The van der Waals surface area contributed by atoms with Gasteiger partial charge in [-0.3, -0.25) is 4.79 Å². The smallest absolute Gasteiger partial charge is 0.223 e. The summed E-state index contributed by atoms with van der Waals surface area (Å²) >= 11 is 0. The van der Waals surface area contributed by atoms with E-state index in [1.165, 1.54) is 0 Å². The van der Waals surface area contributed by atoms with Crippen LogP contribution in [-0.2, 0) is 11.2 Å². The van der Waals surface area contributed by atoms with Crippen molar-refractivity contribution in [3.05, 3.63) is 36.3 Å². The topological polar surface area (TPSA) is 72.4 Å². The van der Waals surface area contributed by atoms with E-state index in [1.54, 1.807) is 0 Å². The first-order chi connectivity index (χ1) is 9.72. The van der Waals surface area contributed by atoms with Crippen LogP contribution in [0, 0.1) is 5.92 Å². The second-order valence-electron chi connectivity index (χ2n) is 5.51. The molecule has 5 nitrogen and oxygen atoms in total. The van der Waals surface area contributed by atoms with Crippen LogP contribution in [-0.4, -0.2) is 27.9 Å². The normalized spacial score (nSPS) is 20.2. The summed E-state index contributed by atoms with van der Waals surface area (Å²) in [6.07, 6.45) is 7.44. The van der Waals surface area contributed by atoms with Crippen LogP contribution >= 0.6 is 24.8 Å². The number of halogens is 2. The Morgan fingerprint density at radius 1 is 1.36 bits per heavy atom. The van der Waals surface area contributed by atoms with E-state index in [4.69, 9.17) is 5.73 Å². The molecule has 7 heteroatoms. The number of carbonyl (C=O) groups is 1. The maximum absolute atomic E-state index is 12.0. The van der Waals surface area contributed by atoms with Crippen molar-refractivity contribution >= 4 is 36.4 Å². The molecular weight excluding hydrogens is 323 g/mol. The highest BCUT2D eigenvalue weighted by atomic mass is 35.5. The molecule has 2 aromatic rings. The minimum atomic E-state index is 0. The molecule has 2 aromatic heterocycles. The van der Waals surface area contributed by atoms with Gasteiger partial charge in [0, 0.05) is 37.3 Å². The van der Waals surface area contributed by atoms with E-state index in [9.17, 15) is 4.79 Å². The maximum Gasteiger partial charge on any atom is 0.223 e. The standard InChI is InChI=1S/C15H20N4O.2ClH/c16-12-5-4-11(9-12)15(20)17-7-6-13-10-19-8-2-1-3-14(19)18-13;;/h1-3,8,10-12H,4-7,9,16H2,(H,17,20);2*1H. The second kappa shape index (κ2) is 8.36. The van der Waals surface area contributed by atoms with Gasteiger partial charge in [0.2, 0.25) is 5.91 Å². The number of rotatable bonds is 4. The molecule has 2 heterocycles. The lowest BCUT2D eigenvalue weighted by molar-refractivity contribution is -0.124. The molecule has 0 bridgehead atoms. The fraction of sp³-hybridized carbons (Fsp3) is 0.467. The number of nitrogens with two attached hydrogens (primary N) is 1. The molecule has 3 rings (SSSR count). The first kappa shape index (κ1) is 18.7. The molecule has 1 saturated carbocycles. The number of imidazole rings is 1. The molecule has 0 radical (unpaired) electrons. The molecule has 0 aliphatic heterocycles. The summed E-state index contributed by atoms with van der Waals surface area (Å²) in [5.41, 5.74) is 7.77. The highest BCUT2D eigenvalue weighted by molar-refractivity contribution is 5.85. The summed E-state index contributed by atoms with van der Waals surface area (Å²) in [6, 6.07) is 6.12. The highest BCUT2D eigenvalue weighted by Crippen LogP contribution is 2.23. The van der Waals surface area contributed by atoms with E-state index < -0.39 is 0 Å². The predicted molar refractivity (Wildman–Crippen MR) is 91.7 cm³/mol. The average Bonchev–Trinajstić information content (AvgIpc) is 3.04. The minimum Gasteiger partial charge on any atom is -0.355 e. The van der Waals surface area contributed by atoms with Crippen molar-refractivity contribution in [3.63, 3.8) is 0 Å². The van der Waals surface area contributed by atoms with Crippen LogP contribution in [0.1, 0.15) is 25.0 Å². The van der Waals surface area contributed by atoms with E-state index in [1.807, 2.05) is 35.0 Å². The molecular formula is C15H22Cl2N4O. The summed E-state index contributed by atoms with van der Waals surface area (Å²) in [7, 11) is 0. The summed E-state index contributed by atoms with van der Waals surface area (Å²) in [5, 5.41) is 2.99. The van der Waals surface area contributed by atoms with Crippen molar-refractivity contribution < 1.29 is 4.79 Å². The maximum atomic E-state index is 12.0. The number of hydrogen-bond acceptors (Lipinski definition) is 3. The SMILES string of the molecule is Cl.Cl.NC1CCC(C(=O)NCCc2cn3ccccc3n2)C1. The van der Waals surface area contributed by atoms with E-state index in [0.29, 0.717) is 6.54 Å². The third-order valence-electron chi connectivity index (χ3n) is 3.94. The Bertz CT molecular complexity index is 583. The molecule has 1 amide bonds. The molecule has 2 atom stereocenters. The summed E-state index contributed by atoms with van der Waals surface area (Å²) in [4.78, 5) is 16.5. The Balaban J connectivity index is 0.00000121. The van der Waals surface area contributed by atoms with Crippen molar-refractivity contribution in [2.75, 3.05) is 6.54 Å². The fourth-order valence-corrected chi connectivity index (χ4v) is 2.82. The van der Waals surface area contributed by atoms with Gasteiger partial charge in [0.05, 0.1) is 5.69 Å². The largest absolute Gasteiger partial charge is 0.355 e. The van der Waals surface area contributed by atoms with Crippen LogP contribution in [0.3, 0.4) is 0 Å². The van der Waals surface area contributed by atoms with Gasteiger partial charge in [-0.1, -0.05) is 6.07 Å². The monoisotopic (exact) mass is 344 g/mol. The zero-order valence-electron chi connectivity index (χ0n) is 12.3. The molecule has 1 aliphatic carbocycles. The molecule has 0 aromatic carbocycles. The number of nitrogens with zero attached hydrogens (tertiary/aromatic N) is 2. The van der Waals surface area contributed by atoms with Gasteiger partial charge in [0.1, 0.15) is 5.65 Å². The number of carbonyl (C=O) groups excluding carboxylic acids is 1. The van der Waals surface area contributed by atoms with Gasteiger partial charge in [-0.2, -0.15) is 0 Å². The number of nitrogens with one attached hydrogen (secondary N) is 1. The zero-order chi connectivity index (χ0) is 13.9. The quantitative estimate of drug-likeness (QED) is 0.890. The Hall–Kier alpha value is -1.30. The number of fused-ring (bicyclic) bond motifs is 1. The van der Waals surface area contributed by atoms with Crippen molar-refractivity contribution in [2.45, 2.75) is 31.7 Å². The van der Waals surface area contributed by atoms with Crippen molar-refractivity contribution in [1.82, 2.24) is 14.7 Å². The van der Waals surface area contributed by atoms with Gasteiger partial charge < -0.3 is 15.5 Å². The molecule has 1 fully saturated rings. The molecule has 2 unspecified atom stereocenters. The second-order valence-corrected chi connectivity index (χ2v) is 5.51. The van der Waals surface area contributed by atoms with E-state index >= 15 is 0 Å². The first-order valence-corrected chi connectivity index (χ1v) is 7.18. The number of hydrogen-bond donors (Lipinski definition) is 2. The Kier molecular flexibility index (Phi) is 7.13. The van der Waals surface area contributed by atoms with Gasteiger partial charge in [0.25, 0.3) is 0 Å². The van der Waals surface area contributed by atoms with Gasteiger partial charge in [0.15, 0.2) is 0 Å². The lowest BCUT2D eigenvalue weighted by Gasteiger charge is -2.09. The summed E-state index contributed by atoms with van der Waals surface area (Å²) < 4.78 is 1.99. The van der Waals surface area contributed by atoms with E-state index in [2.05, 4.69) is 10.3 Å².